The predicted octanol–water partition coefficient (Wildman–Crippen LogP) is 11.3. The normalized spacial score (nSPS) is 10.8. The topological polar surface area (TPSA) is 46.2 Å². The molecule has 236 valence electrons. The number of unbranched alkanes of at least 4 members (excludes halogenated alkanes) is 2. The molecule has 0 aliphatic carbocycles. The molecule has 0 atom stereocenters. The number of likely N-dealkylation sites (N-methyl/N-ethyl adjacent to an activating group) is 1. The van der Waals surface area contributed by atoms with Gasteiger partial charge in [-0.25, -0.2) is 4.39 Å². The number of halogens is 2. The number of allylic oxidation sites excluding steroid dienone is 6. The van der Waals surface area contributed by atoms with Crippen LogP contribution in [0.2, 0.25) is 5.02 Å². The molecule has 0 unspecified atom stereocenters. The van der Waals surface area contributed by atoms with Gasteiger partial charge in [0.05, 0.1) is 5.70 Å². The third-order valence-corrected chi connectivity index (χ3v) is 6.23. The van der Waals surface area contributed by atoms with Crippen molar-refractivity contribution in [1.29, 1.82) is 0 Å². The SMILES string of the molecule is C/C=C\C=C(/C)C(C)=O.CCCC.CCCC.CCc1ccc(F)cc1.CN/C(C(C)=O)=C(\C)c1cc(Cl)ccc1C. The highest BCUT2D eigenvalue weighted by molar-refractivity contribution is 6.30. The molecule has 0 fully saturated rings. The lowest BCUT2D eigenvalue weighted by molar-refractivity contribution is -0.114. The minimum atomic E-state index is -0.160. The molecule has 0 heterocycles. The van der Waals surface area contributed by atoms with E-state index in [1.807, 2.05) is 71.0 Å². The van der Waals surface area contributed by atoms with Gasteiger partial charge in [0.15, 0.2) is 11.6 Å². The van der Waals surface area contributed by atoms with Gasteiger partial charge >= 0.3 is 0 Å². The summed E-state index contributed by atoms with van der Waals surface area (Å²) >= 11 is 5.96. The molecule has 42 heavy (non-hydrogen) atoms. The maximum absolute atomic E-state index is 12.2. The Hall–Kier alpha value is -2.98. The molecule has 5 heteroatoms. The van der Waals surface area contributed by atoms with E-state index >= 15 is 0 Å². The summed E-state index contributed by atoms with van der Waals surface area (Å²) in [5, 5.41) is 3.61. The standard InChI is InChI=1S/C13H16ClNO.C8H9F.C8H12O.2C4H10/c1-8-5-6-11(14)7-12(8)9(2)13(15-4)10(3)16;1-2-7-3-5-8(9)6-4-7;1-4-5-6-7(2)8(3)9;2*1-3-4-2/h5-7,15H,1-4H3;3-6H,2H2,1H3;4-6H,1-3H3;2*3-4H2,1-2H3/b13-9+;;5-4-,7-6+;;. The summed E-state index contributed by atoms with van der Waals surface area (Å²) in [6, 6.07) is 12.3. The molecule has 0 saturated heterocycles. The van der Waals surface area contributed by atoms with Crippen molar-refractivity contribution < 1.29 is 14.0 Å². The average Bonchev–Trinajstić information content (AvgIpc) is 2.98. The van der Waals surface area contributed by atoms with Crippen molar-refractivity contribution in [2.24, 2.45) is 0 Å². The number of nitrogens with one attached hydrogen (secondary N) is 1. The molecule has 0 saturated carbocycles. The van der Waals surface area contributed by atoms with Gasteiger partial charge in [-0.3, -0.25) is 9.59 Å². The highest BCUT2D eigenvalue weighted by atomic mass is 35.5. The van der Waals surface area contributed by atoms with Crippen molar-refractivity contribution in [2.75, 3.05) is 7.05 Å². The summed E-state index contributed by atoms with van der Waals surface area (Å²) in [5.41, 5.74) is 5.65. The maximum atomic E-state index is 12.2. The third kappa shape index (κ3) is 22.7. The highest BCUT2D eigenvalue weighted by Gasteiger charge is 2.10. The fourth-order valence-corrected chi connectivity index (χ4v) is 3.01. The van der Waals surface area contributed by atoms with Crippen LogP contribution in [-0.2, 0) is 16.0 Å². The van der Waals surface area contributed by atoms with Gasteiger partial charge in [-0.1, -0.05) is 108 Å². The van der Waals surface area contributed by atoms with E-state index in [4.69, 9.17) is 11.6 Å². The van der Waals surface area contributed by atoms with Crippen molar-refractivity contribution in [2.45, 2.75) is 108 Å². The van der Waals surface area contributed by atoms with Gasteiger partial charge in [-0.15, -0.1) is 0 Å². The number of hydrogen-bond donors (Lipinski definition) is 1. The Morgan fingerprint density at radius 2 is 1.33 bits per heavy atom. The first-order valence-corrected chi connectivity index (χ1v) is 15.4. The number of rotatable bonds is 8. The van der Waals surface area contributed by atoms with Crippen LogP contribution in [0.1, 0.15) is 112 Å². The second-order valence-electron chi connectivity index (χ2n) is 9.68. The molecule has 0 amide bonds. The van der Waals surface area contributed by atoms with Gasteiger partial charge in [0, 0.05) is 19.0 Å². The minimum Gasteiger partial charge on any atom is -0.385 e. The quantitative estimate of drug-likeness (QED) is 0.242. The van der Waals surface area contributed by atoms with Crippen LogP contribution >= 0.6 is 11.6 Å². The van der Waals surface area contributed by atoms with Gasteiger partial charge in [0.25, 0.3) is 0 Å². The maximum Gasteiger partial charge on any atom is 0.175 e. The number of carbonyl (C=O) groups excluding carboxylic acids is 2. The van der Waals surface area contributed by atoms with Crippen LogP contribution < -0.4 is 5.32 Å². The number of Topliss-reactive ketones (excluding diaryl/α,β-unsaturated/α-hetero) is 2. The van der Waals surface area contributed by atoms with Crippen molar-refractivity contribution >= 4 is 28.7 Å². The second kappa shape index (κ2) is 28.2. The zero-order valence-electron chi connectivity index (χ0n) is 28.4. The van der Waals surface area contributed by atoms with Crippen molar-refractivity contribution in [3.05, 3.63) is 99.5 Å². The Kier molecular flexibility index (Phi) is 29.1. The first-order valence-electron chi connectivity index (χ1n) is 15.0. The lowest BCUT2D eigenvalue weighted by atomic mass is 9.99. The van der Waals surface area contributed by atoms with Gasteiger partial charge in [0.1, 0.15) is 5.82 Å². The van der Waals surface area contributed by atoms with Crippen molar-refractivity contribution in [1.82, 2.24) is 5.32 Å². The Morgan fingerprint density at radius 3 is 1.69 bits per heavy atom. The molecule has 0 spiro atoms. The van der Waals surface area contributed by atoms with Gasteiger partial charge in [0.2, 0.25) is 0 Å². The predicted molar refractivity (Wildman–Crippen MR) is 185 cm³/mol. The first kappa shape index (κ1) is 43.5. The largest absolute Gasteiger partial charge is 0.385 e. The first-order chi connectivity index (χ1) is 19.8. The van der Waals surface area contributed by atoms with Gasteiger partial charge < -0.3 is 5.32 Å². The van der Waals surface area contributed by atoms with Gasteiger partial charge in [-0.05, 0) is 93.1 Å². The minimum absolute atomic E-state index is 0.0272. The van der Waals surface area contributed by atoms with E-state index < -0.39 is 0 Å². The summed E-state index contributed by atoms with van der Waals surface area (Å²) in [5.74, 6) is -0.000300. The molecule has 1 N–H and O–H groups in total. The summed E-state index contributed by atoms with van der Waals surface area (Å²) in [7, 11) is 1.75. The lowest BCUT2D eigenvalue weighted by Gasteiger charge is -2.12. The summed E-state index contributed by atoms with van der Waals surface area (Å²) in [4.78, 5) is 22.0. The number of ketones is 2. The molecular formula is C37H57ClFNO2. The fourth-order valence-electron chi connectivity index (χ4n) is 2.84. The van der Waals surface area contributed by atoms with Crippen molar-refractivity contribution in [3.8, 4) is 0 Å². The zero-order valence-corrected chi connectivity index (χ0v) is 29.1. The summed E-state index contributed by atoms with van der Waals surface area (Å²) in [6.07, 6.45) is 11.8. The third-order valence-electron chi connectivity index (χ3n) is 6.00. The van der Waals surface area contributed by atoms with E-state index in [2.05, 4.69) is 33.0 Å². The van der Waals surface area contributed by atoms with Crippen LogP contribution in [0.25, 0.3) is 5.57 Å². The number of hydrogen-bond acceptors (Lipinski definition) is 3. The molecule has 0 aliphatic rings. The van der Waals surface area contributed by atoms with Crippen LogP contribution in [0.5, 0.6) is 0 Å². The monoisotopic (exact) mass is 601 g/mol. The Balaban J connectivity index is -0.000000502. The number of aryl methyl sites for hydroxylation is 2. The van der Waals surface area contributed by atoms with E-state index in [0.29, 0.717) is 10.7 Å². The van der Waals surface area contributed by atoms with E-state index in [1.165, 1.54) is 43.4 Å². The fraction of sp³-hybridized carbons (Fsp3) is 0.459. The van der Waals surface area contributed by atoms with E-state index in [9.17, 15) is 14.0 Å². The van der Waals surface area contributed by atoms with Crippen LogP contribution in [-0.4, -0.2) is 18.6 Å². The van der Waals surface area contributed by atoms with E-state index in [-0.39, 0.29) is 17.4 Å². The molecule has 0 bridgehead atoms. The highest BCUT2D eigenvalue weighted by Crippen LogP contribution is 2.24. The molecule has 2 rings (SSSR count). The van der Waals surface area contributed by atoms with Gasteiger partial charge in [-0.2, -0.15) is 0 Å². The Morgan fingerprint density at radius 1 is 0.833 bits per heavy atom. The van der Waals surface area contributed by atoms with Crippen LogP contribution in [0.15, 0.2) is 72.0 Å². The Labute approximate surface area is 262 Å². The van der Waals surface area contributed by atoms with Crippen molar-refractivity contribution in [3.63, 3.8) is 0 Å². The molecule has 2 aromatic rings. The lowest BCUT2D eigenvalue weighted by Crippen LogP contribution is -2.15. The summed E-state index contributed by atoms with van der Waals surface area (Å²) < 4.78 is 12.2. The molecule has 0 aliphatic heterocycles. The smallest absolute Gasteiger partial charge is 0.175 e. The second-order valence-corrected chi connectivity index (χ2v) is 10.1. The van der Waals surface area contributed by atoms with E-state index in [0.717, 1.165) is 28.7 Å². The van der Waals surface area contributed by atoms with Crippen LogP contribution in [0.3, 0.4) is 0 Å². The zero-order chi connectivity index (χ0) is 33.1. The van der Waals surface area contributed by atoms with Crippen LogP contribution in [0, 0.1) is 12.7 Å². The number of carbonyl (C=O) groups is 2. The van der Waals surface area contributed by atoms with Crippen LogP contribution in [0.4, 0.5) is 4.39 Å². The molecule has 2 aromatic carbocycles. The molecular weight excluding hydrogens is 545 g/mol. The molecule has 0 aromatic heterocycles. The Bertz CT molecular complexity index is 1090. The number of benzene rings is 2. The average molecular weight is 602 g/mol. The van der Waals surface area contributed by atoms with E-state index in [1.54, 1.807) is 33.0 Å². The summed E-state index contributed by atoms with van der Waals surface area (Å²) in [6.45, 7) is 21.5. The molecule has 3 nitrogen and oxygen atoms in total. The molecule has 0 radical (unpaired) electrons.